The van der Waals surface area contributed by atoms with E-state index in [-0.39, 0.29) is 5.91 Å². The van der Waals surface area contributed by atoms with E-state index < -0.39 is 6.09 Å². The minimum absolute atomic E-state index is 0.125. The summed E-state index contributed by atoms with van der Waals surface area (Å²) in [5.74, 6) is 0.313. The van der Waals surface area contributed by atoms with Gasteiger partial charge in [0.05, 0.1) is 38.2 Å². The molecule has 2 amide bonds. The molecule has 2 N–H and O–H groups in total. The van der Waals surface area contributed by atoms with Gasteiger partial charge in [-0.2, -0.15) is 0 Å². The molecule has 1 aromatic heterocycles. The van der Waals surface area contributed by atoms with E-state index in [1.165, 1.54) is 6.20 Å². The maximum atomic E-state index is 11.9. The normalized spacial score (nSPS) is 15.1. The van der Waals surface area contributed by atoms with Crippen LogP contribution in [-0.2, 0) is 14.3 Å². The highest BCUT2D eigenvalue weighted by molar-refractivity contribution is 5.91. The summed E-state index contributed by atoms with van der Waals surface area (Å²) >= 11 is 0. The van der Waals surface area contributed by atoms with E-state index in [1.807, 2.05) is 4.90 Å². The van der Waals surface area contributed by atoms with E-state index >= 15 is 0 Å². The van der Waals surface area contributed by atoms with Gasteiger partial charge in [0.1, 0.15) is 5.82 Å². The van der Waals surface area contributed by atoms with Crippen LogP contribution in [0, 0.1) is 0 Å². The molecular weight excluding hydrogens is 288 g/mol. The molecular formula is C14H20N4O4. The van der Waals surface area contributed by atoms with Crippen LogP contribution < -0.4 is 10.6 Å². The molecule has 0 saturated carbocycles. The van der Waals surface area contributed by atoms with Crippen molar-refractivity contribution in [1.82, 2.24) is 9.88 Å². The average Bonchev–Trinajstić information content (AvgIpc) is 2.50. The Morgan fingerprint density at radius 1 is 1.32 bits per heavy atom. The number of anilines is 2. The number of ether oxygens (including phenoxy) is 2. The van der Waals surface area contributed by atoms with Crippen molar-refractivity contribution in [3.8, 4) is 0 Å². The van der Waals surface area contributed by atoms with Crippen molar-refractivity contribution < 1.29 is 19.1 Å². The van der Waals surface area contributed by atoms with Gasteiger partial charge in [-0.05, 0) is 19.1 Å². The molecule has 1 aromatic rings. The van der Waals surface area contributed by atoms with Crippen LogP contribution in [0.1, 0.15) is 6.92 Å². The molecule has 0 unspecified atom stereocenters. The second-order valence-electron chi connectivity index (χ2n) is 4.71. The minimum atomic E-state index is -0.534. The quantitative estimate of drug-likeness (QED) is 0.840. The Balaban J connectivity index is 1.80. The lowest BCUT2D eigenvalue weighted by molar-refractivity contribution is -0.118. The number of morpholine rings is 1. The number of aromatic nitrogens is 1. The van der Waals surface area contributed by atoms with Crippen LogP contribution in [0.2, 0.25) is 0 Å². The van der Waals surface area contributed by atoms with Gasteiger partial charge in [0.25, 0.3) is 0 Å². The van der Waals surface area contributed by atoms with Gasteiger partial charge in [0, 0.05) is 13.1 Å². The summed E-state index contributed by atoms with van der Waals surface area (Å²) in [7, 11) is 0. The summed E-state index contributed by atoms with van der Waals surface area (Å²) in [6.45, 7) is 5.15. The van der Waals surface area contributed by atoms with Crippen LogP contribution in [-0.4, -0.2) is 61.3 Å². The van der Waals surface area contributed by atoms with Crippen molar-refractivity contribution >= 4 is 23.5 Å². The Morgan fingerprint density at radius 2 is 2.09 bits per heavy atom. The predicted octanol–water partition coefficient (Wildman–Crippen LogP) is 0.921. The Bertz CT molecular complexity index is 500. The largest absolute Gasteiger partial charge is 0.450 e. The highest BCUT2D eigenvalue weighted by Gasteiger charge is 2.14. The first-order valence-corrected chi connectivity index (χ1v) is 7.17. The van der Waals surface area contributed by atoms with Crippen molar-refractivity contribution in [3.05, 3.63) is 18.3 Å². The molecule has 0 bridgehead atoms. The summed E-state index contributed by atoms with van der Waals surface area (Å²) < 4.78 is 9.99. The summed E-state index contributed by atoms with van der Waals surface area (Å²) in [4.78, 5) is 29.3. The molecule has 1 fully saturated rings. The summed E-state index contributed by atoms with van der Waals surface area (Å²) in [6, 6.07) is 3.27. The second kappa shape index (κ2) is 8.30. The lowest BCUT2D eigenvalue weighted by Crippen LogP contribution is -2.41. The number of rotatable bonds is 5. The second-order valence-corrected chi connectivity index (χ2v) is 4.71. The third kappa shape index (κ3) is 5.30. The van der Waals surface area contributed by atoms with E-state index in [9.17, 15) is 9.59 Å². The SMILES string of the molecule is CCOC(=O)Nc1ccc(NC(=O)CN2CCOCC2)nc1. The molecule has 120 valence electrons. The Hall–Kier alpha value is -2.19. The number of carbonyl (C=O) groups excluding carboxylic acids is 2. The molecule has 1 aliphatic heterocycles. The van der Waals surface area contributed by atoms with Crippen LogP contribution >= 0.6 is 0 Å². The van der Waals surface area contributed by atoms with Gasteiger partial charge in [-0.1, -0.05) is 0 Å². The van der Waals surface area contributed by atoms with Crippen LogP contribution in [0.25, 0.3) is 0 Å². The van der Waals surface area contributed by atoms with Gasteiger partial charge < -0.3 is 14.8 Å². The maximum Gasteiger partial charge on any atom is 0.411 e. The Kier molecular flexibility index (Phi) is 6.11. The van der Waals surface area contributed by atoms with E-state index in [0.29, 0.717) is 37.9 Å². The topological polar surface area (TPSA) is 92.8 Å². The first-order chi connectivity index (χ1) is 10.7. The lowest BCUT2D eigenvalue weighted by Gasteiger charge is -2.25. The highest BCUT2D eigenvalue weighted by Crippen LogP contribution is 2.10. The molecule has 22 heavy (non-hydrogen) atoms. The number of hydrogen-bond acceptors (Lipinski definition) is 6. The average molecular weight is 308 g/mol. The number of amides is 2. The van der Waals surface area contributed by atoms with Crippen molar-refractivity contribution in [3.63, 3.8) is 0 Å². The van der Waals surface area contributed by atoms with Gasteiger partial charge in [0.2, 0.25) is 5.91 Å². The van der Waals surface area contributed by atoms with Crippen molar-refractivity contribution in [2.45, 2.75) is 6.92 Å². The molecule has 0 aliphatic carbocycles. The predicted molar refractivity (Wildman–Crippen MR) is 80.8 cm³/mol. The lowest BCUT2D eigenvalue weighted by atomic mass is 10.3. The monoisotopic (exact) mass is 308 g/mol. The molecule has 8 heteroatoms. The van der Waals surface area contributed by atoms with Gasteiger partial charge in [-0.3, -0.25) is 15.0 Å². The molecule has 8 nitrogen and oxygen atoms in total. The first kappa shape index (κ1) is 16.2. The standard InChI is InChI=1S/C14H20N4O4/c1-2-22-14(20)16-11-3-4-12(15-9-11)17-13(19)10-18-5-7-21-8-6-18/h3-4,9H,2,5-8,10H2,1H3,(H,16,20)(H,15,17,19). The van der Waals surface area contributed by atoms with Crippen molar-refractivity contribution in [2.75, 3.05) is 50.1 Å². The number of carbonyl (C=O) groups is 2. The van der Waals surface area contributed by atoms with E-state index in [1.54, 1.807) is 19.1 Å². The number of nitrogens with zero attached hydrogens (tertiary/aromatic N) is 2. The summed E-state index contributed by atoms with van der Waals surface area (Å²) in [5, 5.41) is 5.25. The molecule has 0 spiro atoms. The van der Waals surface area contributed by atoms with E-state index in [0.717, 1.165) is 13.1 Å². The zero-order valence-corrected chi connectivity index (χ0v) is 12.5. The van der Waals surface area contributed by atoms with Gasteiger partial charge in [-0.25, -0.2) is 9.78 Å². The van der Waals surface area contributed by atoms with Gasteiger partial charge >= 0.3 is 6.09 Å². The molecule has 1 saturated heterocycles. The fourth-order valence-electron chi connectivity index (χ4n) is 1.97. The fraction of sp³-hybridized carbons (Fsp3) is 0.500. The molecule has 1 aliphatic rings. The number of hydrogen-bond donors (Lipinski definition) is 2. The summed E-state index contributed by atoms with van der Waals surface area (Å²) in [5.41, 5.74) is 0.504. The van der Waals surface area contributed by atoms with Crippen LogP contribution in [0.3, 0.4) is 0 Å². The molecule has 0 aromatic carbocycles. The first-order valence-electron chi connectivity index (χ1n) is 7.17. The Morgan fingerprint density at radius 3 is 2.73 bits per heavy atom. The molecule has 0 atom stereocenters. The van der Waals surface area contributed by atoms with E-state index in [4.69, 9.17) is 9.47 Å². The third-order valence-corrected chi connectivity index (χ3v) is 3.02. The number of pyridine rings is 1. The number of nitrogens with one attached hydrogen (secondary N) is 2. The van der Waals surface area contributed by atoms with Gasteiger partial charge in [0.15, 0.2) is 0 Å². The third-order valence-electron chi connectivity index (χ3n) is 3.02. The van der Waals surface area contributed by atoms with Crippen LogP contribution in [0.5, 0.6) is 0 Å². The molecule has 2 heterocycles. The van der Waals surface area contributed by atoms with Crippen molar-refractivity contribution in [2.24, 2.45) is 0 Å². The zero-order chi connectivity index (χ0) is 15.8. The minimum Gasteiger partial charge on any atom is -0.450 e. The Labute approximate surface area is 128 Å². The molecule has 0 radical (unpaired) electrons. The summed E-state index contributed by atoms with van der Waals surface area (Å²) in [6.07, 6.45) is 0.926. The van der Waals surface area contributed by atoms with Gasteiger partial charge in [-0.15, -0.1) is 0 Å². The van der Waals surface area contributed by atoms with Crippen molar-refractivity contribution in [1.29, 1.82) is 0 Å². The van der Waals surface area contributed by atoms with Crippen LogP contribution in [0.4, 0.5) is 16.3 Å². The maximum absolute atomic E-state index is 11.9. The van der Waals surface area contributed by atoms with Crippen LogP contribution in [0.15, 0.2) is 18.3 Å². The fourth-order valence-corrected chi connectivity index (χ4v) is 1.97. The zero-order valence-electron chi connectivity index (χ0n) is 12.5. The molecule has 2 rings (SSSR count). The highest BCUT2D eigenvalue weighted by atomic mass is 16.5. The smallest absolute Gasteiger partial charge is 0.411 e. The van der Waals surface area contributed by atoms with E-state index in [2.05, 4.69) is 15.6 Å².